The summed E-state index contributed by atoms with van der Waals surface area (Å²) in [6, 6.07) is 3.30. The first-order chi connectivity index (χ1) is 4.34. The molecule has 0 aliphatic rings. The Labute approximate surface area is 52.5 Å². The second-order valence-corrected chi connectivity index (χ2v) is 1.67. The predicted octanol–water partition coefficient (Wildman–Crippen LogP) is 1.13. The molecule has 0 amide bonds. The van der Waals surface area contributed by atoms with Crippen LogP contribution in [0.25, 0.3) is 0 Å². The fourth-order valence-electron chi connectivity index (χ4n) is 0.562. The van der Waals surface area contributed by atoms with Crippen molar-refractivity contribution in [3.05, 3.63) is 24.0 Å². The van der Waals surface area contributed by atoms with E-state index < -0.39 is 6.67 Å². The molecule has 2 nitrogen and oxygen atoms in total. The van der Waals surface area contributed by atoms with Crippen LogP contribution in [-0.2, 0) is 6.67 Å². The van der Waals surface area contributed by atoms with Crippen molar-refractivity contribution in [2.45, 2.75) is 6.67 Å². The zero-order chi connectivity index (χ0) is 6.69. The molecule has 0 atom stereocenters. The zero-order valence-corrected chi connectivity index (χ0v) is 4.84. The lowest BCUT2D eigenvalue weighted by atomic mass is 10.3. The summed E-state index contributed by atoms with van der Waals surface area (Å²) in [6.07, 6.45) is 1.52. The molecule has 0 unspecified atom stereocenters. The van der Waals surface area contributed by atoms with E-state index in [9.17, 15) is 4.39 Å². The van der Waals surface area contributed by atoms with Crippen molar-refractivity contribution in [2.24, 2.45) is 0 Å². The Balaban J connectivity index is 3.01. The number of alkyl halides is 1. The van der Waals surface area contributed by atoms with Gasteiger partial charge < -0.3 is 5.73 Å². The highest BCUT2D eigenvalue weighted by Gasteiger charge is 1.94. The number of aromatic nitrogens is 1. The average Bonchev–Trinajstić information content (AvgIpc) is 1.89. The van der Waals surface area contributed by atoms with Crippen molar-refractivity contribution < 1.29 is 4.39 Å². The number of nitrogen functional groups attached to an aromatic ring is 1. The van der Waals surface area contributed by atoms with Crippen LogP contribution in [0.3, 0.4) is 0 Å². The summed E-state index contributed by atoms with van der Waals surface area (Å²) < 4.78 is 11.8. The SMILES string of the molecule is Nc1cccnc1CF. The van der Waals surface area contributed by atoms with Crippen LogP contribution in [-0.4, -0.2) is 4.98 Å². The first kappa shape index (κ1) is 6.01. The summed E-state index contributed by atoms with van der Waals surface area (Å²) in [5, 5.41) is 0. The molecule has 9 heavy (non-hydrogen) atoms. The summed E-state index contributed by atoms with van der Waals surface area (Å²) >= 11 is 0. The van der Waals surface area contributed by atoms with E-state index in [0.717, 1.165) is 0 Å². The van der Waals surface area contributed by atoms with Gasteiger partial charge in [-0.1, -0.05) is 0 Å². The van der Waals surface area contributed by atoms with Gasteiger partial charge in [-0.25, -0.2) is 4.39 Å². The second kappa shape index (κ2) is 2.44. The van der Waals surface area contributed by atoms with Crippen molar-refractivity contribution >= 4 is 5.69 Å². The normalized spacial score (nSPS) is 9.44. The third-order valence-corrected chi connectivity index (χ3v) is 1.05. The molecule has 2 N–H and O–H groups in total. The fraction of sp³-hybridized carbons (Fsp3) is 0.167. The lowest BCUT2D eigenvalue weighted by Crippen LogP contribution is -1.93. The smallest absolute Gasteiger partial charge is 0.133 e. The predicted molar refractivity (Wildman–Crippen MR) is 33.5 cm³/mol. The Morgan fingerprint density at radius 2 is 2.44 bits per heavy atom. The maximum atomic E-state index is 11.8. The highest BCUT2D eigenvalue weighted by molar-refractivity contribution is 5.41. The molecule has 1 aromatic rings. The number of rotatable bonds is 1. The van der Waals surface area contributed by atoms with Crippen LogP contribution in [0.4, 0.5) is 10.1 Å². The van der Waals surface area contributed by atoms with E-state index in [1.807, 2.05) is 0 Å². The number of halogens is 1. The standard InChI is InChI=1S/C6H7FN2/c7-4-6-5(8)2-1-3-9-6/h1-3H,4,8H2. The number of nitrogens with two attached hydrogens (primary N) is 1. The van der Waals surface area contributed by atoms with Gasteiger partial charge >= 0.3 is 0 Å². The summed E-state index contributed by atoms with van der Waals surface area (Å²) in [5.41, 5.74) is 6.06. The van der Waals surface area contributed by atoms with E-state index in [1.165, 1.54) is 6.20 Å². The number of hydrogen-bond donors (Lipinski definition) is 1. The van der Waals surface area contributed by atoms with Gasteiger partial charge in [0, 0.05) is 6.20 Å². The molecule has 0 aromatic carbocycles. The maximum Gasteiger partial charge on any atom is 0.133 e. The van der Waals surface area contributed by atoms with Gasteiger partial charge in [0.1, 0.15) is 6.67 Å². The first-order valence-electron chi connectivity index (χ1n) is 2.60. The molecule has 0 bridgehead atoms. The van der Waals surface area contributed by atoms with E-state index in [1.54, 1.807) is 12.1 Å². The summed E-state index contributed by atoms with van der Waals surface area (Å²) in [6.45, 7) is -0.591. The third kappa shape index (κ3) is 1.16. The van der Waals surface area contributed by atoms with Crippen molar-refractivity contribution in [2.75, 3.05) is 5.73 Å². The van der Waals surface area contributed by atoms with Crippen LogP contribution < -0.4 is 5.73 Å². The molecule has 3 heteroatoms. The highest BCUT2D eigenvalue weighted by Crippen LogP contribution is 2.06. The molecule has 48 valence electrons. The van der Waals surface area contributed by atoms with E-state index in [4.69, 9.17) is 5.73 Å². The monoisotopic (exact) mass is 126 g/mol. The van der Waals surface area contributed by atoms with Crippen LogP contribution in [0, 0.1) is 0 Å². The van der Waals surface area contributed by atoms with Crippen LogP contribution in [0.1, 0.15) is 5.69 Å². The molecule has 0 fully saturated rings. The Bertz CT molecular complexity index is 200. The van der Waals surface area contributed by atoms with Crippen molar-refractivity contribution in [3.8, 4) is 0 Å². The number of anilines is 1. The van der Waals surface area contributed by atoms with E-state index in [0.29, 0.717) is 11.4 Å². The van der Waals surface area contributed by atoms with Gasteiger partial charge in [-0.05, 0) is 12.1 Å². The minimum atomic E-state index is -0.591. The highest BCUT2D eigenvalue weighted by atomic mass is 19.1. The topological polar surface area (TPSA) is 38.9 Å². The Kier molecular flexibility index (Phi) is 1.63. The molecule has 0 saturated heterocycles. The van der Waals surface area contributed by atoms with Gasteiger partial charge in [-0.15, -0.1) is 0 Å². The van der Waals surface area contributed by atoms with Crippen molar-refractivity contribution in [1.82, 2.24) is 4.98 Å². The van der Waals surface area contributed by atoms with Crippen LogP contribution in [0.15, 0.2) is 18.3 Å². The average molecular weight is 126 g/mol. The first-order valence-corrected chi connectivity index (χ1v) is 2.60. The minimum absolute atomic E-state index is 0.317. The van der Waals surface area contributed by atoms with Crippen LogP contribution >= 0.6 is 0 Å². The molecule has 0 radical (unpaired) electrons. The lowest BCUT2D eigenvalue weighted by molar-refractivity contribution is 0.477. The zero-order valence-electron chi connectivity index (χ0n) is 4.84. The number of hydrogen-bond acceptors (Lipinski definition) is 2. The Morgan fingerprint density at radius 3 is 2.89 bits per heavy atom. The van der Waals surface area contributed by atoms with E-state index in [2.05, 4.69) is 4.98 Å². The number of pyridine rings is 1. The van der Waals surface area contributed by atoms with Gasteiger partial charge in [0.2, 0.25) is 0 Å². The summed E-state index contributed by atoms with van der Waals surface area (Å²) in [4.78, 5) is 3.70. The quantitative estimate of drug-likeness (QED) is 0.612. The Morgan fingerprint density at radius 1 is 1.67 bits per heavy atom. The summed E-state index contributed by atoms with van der Waals surface area (Å²) in [5.74, 6) is 0. The molecular weight excluding hydrogens is 119 g/mol. The lowest BCUT2D eigenvalue weighted by Gasteiger charge is -1.95. The third-order valence-electron chi connectivity index (χ3n) is 1.05. The molecule has 1 rings (SSSR count). The fourth-order valence-corrected chi connectivity index (χ4v) is 0.562. The maximum absolute atomic E-state index is 11.8. The van der Waals surface area contributed by atoms with Crippen molar-refractivity contribution in [3.63, 3.8) is 0 Å². The molecule has 0 saturated carbocycles. The molecule has 1 heterocycles. The molecule has 0 aliphatic carbocycles. The number of nitrogens with zero attached hydrogens (tertiary/aromatic N) is 1. The van der Waals surface area contributed by atoms with Gasteiger partial charge in [0.25, 0.3) is 0 Å². The van der Waals surface area contributed by atoms with Crippen LogP contribution in [0.5, 0.6) is 0 Å². The van der Waals surface area contributed by atoms with Gasteiger partial charge in [-0.2, -0.15) is 0 Å². The minimum Gasteiger partial charge on any atom is -0.397 e. The molecular formula is C6H7FN2. The van der Waals surface area contributed by atoms with Gasteiger partial charge in [-0.3, -0.25) is 4.98 Å². The van der Waals surface area contributed by atoms with Gasteiger partial charge in [0.15, 0.2) is 0 Å². The summed E-state index contributed by atoms with van der Waals surface area (Å²) in [7, 11) is 0. The second-order valence-electron chi connectivity index (χ2n) is 1.67. The molecule has 1 aromatic heterocycles. The van der Waals surface area contributed by atoms with E-state index >= 15 is 0 Å². The van der Waals surface area contributed by atoms with Gasteiger partial charge in [0.05, 0.1) is 11.4 Å². The molecule has 0 aliphatic heterocycles. The van der Waals surface area contributed by atoms with Crippen molar-refractivity contribution in [1.29, 1.82) is 0 Å². The molecule has 0 spiro atoms. The van der Waals surface area contributed by atoms with Crippen LogP contribution in [0.2, 0.25) is 0 Å². The van der Waals surface area contributed by atoms with E-state index in [-0.39, 0.29) is 0 Å². The largest absolute Gasteiger partial charge is 0.397 e. The Hall–Kier alpha value is -1.12.